The van der Waals surface area contributed by atoms with E-state index in [1.54, 1.807) is 0 Å². The zero-order valence-electron chi connectivity index (χ0n) is 8.78. The molecule has 92 valence electrons. The van der Waals surface area contributed by atoms with Crippen LogP contribution in [-0.4, -0.2) is 25.6 Å². The van der Waals surface area contributed by atoms with Crippen LogP contribution in [0.4, 0.5) is 10.1 Å². The van der Waals surface area contributed by atoms with Gasteiger partial charge >= 0.3 is 5.97 Å². The van der Waals surface area contributed by atoms with Crippen molar-refractivity contribution in [3.8, 4) is 5.69 Å². The van der Waals surface area contributed by atoms with Gasteiger partial charge in [-0.25, -0.2) is 14.2 Å². The second kappa shape index (κ2) is 4.24. The van der Waals surface area contributed by atoms with E-state index in [2.05, 4.69) is 4.98 Å². The summed E-state index contributed by atoms with van der Waals surface area (Å²) in [5, 5.41) is 19.5. The van der Waals surface area contributed by atoms with E-state index in [-0.39, 0.29) is 11.4 Å². The molecule has 0 aliphatic rings. The number of aromatic carboxylic acids is 1. The number of hydrogen-bond donors (Lipinski definition) is 1. The number of carbonyl (C=O) groups is 1. The van der Waals surface area contributed by atoms with Gasteiger partial charge < -0.3 is 5.11 Å². The van der Waals surface area contributed by atoms with Crippen LogP contribution in [0, 0.1) is 15.9 Å². The van der Waals surface area contributed by atoms with Gasteiger partial charge in [-0.1, -0.05) is 0 Å². The van der Waals surface area contributed by atoms with Gasteiger partial charge in [0.2, 0.25) is 0 Å². The minimum Gasteiger partial charge on any atom is -0.476 e. The van der Waals surface area contributed by atoms with Crippen molar-refractivity contribution in [2.24, 2.45) is 0 Å². The lowest BCUT2D eigenvalue weighted by molar-refractivity contribution is -0.384. The molecular formula is C10H6FN3O4. The van der Waals surface area contributed by atoms with Crippen molar-refractivity contribution in [2.75, 3.05) is 0 Å². The molecule has 0 spiro atoms. The van der Waals surface area contributed by atoms with E-state index in [1.807, 2.05) is 0 Å². The number of carboxylic acid groups (broad SMARTS) is 1. The normalized spacial score (nSPS) is 10.3. The molecule has 7 nitrogen and oxygen atoms in total. The average molecular weight is 251 g/mol. The van der Waals surface area contributed by atoms with Crippen molar-refractivity contribution in [1.29, 1.82) is 0 Å². The summed E-state index contributed by atoms with van der Waals surface area (Å²) in [6.07, 6.45) is 2.23. The van der Waals surface area contributed by atoms with E-state index in [4.69, 9.17) is 5.11 Å². The largest absolute Gasteiger partial charge is 0.476 e. The molecule has 8 heteroatoms. The summed E-state index contributed by atoms with van der Waals surface area (Å²) in [7, 11) is 0. The van der Waals surface area contributed by atoms with Crippen LogP contribution < -0.4 is 0 Å². The summed E-state index contributed by atoms with van der Waals surface area (Å²) in [6, 6.07) is 2.99. The molecule has 1 heterocycles. The van der Waals surface area contributed by atoms with E-state index in [0.717, 1.165) is 29.2 Å². The molecule has 0 bridgehead atoms. The Kier molecular flexibility index (Phi) is 2.76. The molecule has 0 radical (unpaired) electrons. The molecule has 2 rings (SSSR count). The minimum atomic E-state index is -1.25. The molecule has 1 N–H and O–H groups in total. The first-order valence-corrected chi connectivity index (χ1v) is 4.70. The van der Waals surface area contributed by atoms with Crippen LogP contribution in [-0.2, 0) is 0 Å². The van der Waals surface area contributed by atoms with Gasteiger partial charge in [0.1, 0.15) is 17.8 Å². The standard InChI is InChI=1S/C10H6FN3O4/c11-6-1-2-8(9(3-6)14(17)18)13-4-7(10(15)16)12-5-13/h1-5H,(H,15,16). The van der Waals surface area contributed by atoms with Gasteiger partial charge in [-0.3, -0.25) is 14.7 Å². The number of nitro groups is 1. The van der Waals surface area contributed by atoms with Gasteiger partial charge in [0.25, 0.3) is 5.69 Å². The molecular weight excluding hydrogens is 245 g/mol. The highest BCUT2D eigenvalue weighted by Crippen LogP contribution is 2.23. The Morgan fingerprint density at radius 2 is 2.22 bits per heavy atom. The van der Waals surface area contributed by atoms with Gasteiger partial charge in [-0.2, -0.15) is 0 Å². The quantitative estimate of drug-likeness (QED) is 0.660. The molecule has 0 aliphatic carbocycles. The molecule has 0 amide bonds. The molecule has 0 saturated carbocycles. The smallest absolute Gasteiger partial charge is 0.356 e. The summed E-state index contributed by atoms with van der Waals surface area (Å²) in [6.45, 7) is 0. The predicted octanol–water partition coefficient (Wildman–Crippen LogP) is 1.62. The second-order valence-corrected chi connectivity index (χ2v) is 3.36. The number of halogens is 1. The Hall–Kier alpha value is -2.77. The summed E-state index contributed by atoms with van der Waals surface area (Å²) in [5.41, 5.74) is -0.681. The van der Waals surface area contributed by atoms with Gasteiger partial charge in [0.05, 0.1) is 11.0 Å². The second-order valence-electron chi connectivity index (χ2n) is 3.36. The molecule has 0 atom stereocenters. The maximum atomic E-state index is 12.9. The summed E-state index contributed by atoms with van der Waals surface area (Å²) >= 11 is 0. The topological polar surface area (TPSA) is 98.3 Å². The molecule has 0 saturated heterocycles. The molecule has 1 aromatic heterocycles. The molecule has 2 aromatic rings. The van der Waals surface area contributed by atoms with Gasteiger partial charge in [-0.05, 0) is 12.1 Å². The molecule has 1 aromatic carbocycles. The van der Waals surface area contributed by atoms with E-state index >= 15 is 0 Å². The lowest BCUT2D eigenvalue weighted by Crippen LogP contribution is -1.99. The first kappa shape index (κ1) is 11.7. The number of aromatic nitrogens is 2. The van der Waals surface area contributed by atoms with Crippen molar-refractivity contribution in [3.05, 3.63) is 52.3 Å². The zero-order chi connectivity index (χ0) is 13.3. The highest BCUT2D eigenvalue weighted by molar-refractivity contribution is 5.85. The van der Waals surface area contributed by atoms with Crippen LogP contribution in [0.25, 0.3) is 5.69 Å². The number of rotatable bonds is 3. The lowest BCUT2D eigenvalue weighted by Gasteiger charge is -2.02. The Balaban J connectivity index is 2.55. The van der Waals surface area contributed by atoms with Crippen molar-refractivity contribution in [3.63, 3.8) is 0 Å². The third-order valence-electron chi connectivity index (χ3n) is 2.21. The monoisotopic (exact) mass is 251 g/mol. The van der Waals surface area contributed by atoms with Crippen LogP contribution in [0.2, 0.25) is 0 Å². The number of carboxylic acids is 1. The first-order chi connectivity index (χ1) is 8.49. The minimum absolute atomic E-state index is 0.0430. The van der Waals surface area contributed by atoms with Crippen molar-refractivity contribution in [1.82, 2.24) is 9.55 Å². The SMILES string of the molecule is O=C(O)c1cn(-c2ccc(F)cc2[N+](=O)[O-])cn1. The van der Waals surface area contributed by atoms with Crippen LogP contribution in [0.3, 0.4) is 0 Å². The van der Waals surface area contributed by atoms with Gasteiger partial charge in [-0.15, -0.1) is 0 Å². The van der Waals surface area contributed by atoms with E-state index in [1.165, 1.54) is 6.07 Å². The van der Waals surface area contributed by atoms with E-state index in [9.17, 15) is 19.3 Å². The number of benzene rings is 1. The maximum Gasteiger partial charge on any atom is 0.356 e. The fraction of sp³-hybridized carbons (Fsp3) is 0. The fourth-order valence-electron chi connectivity index (χ4n) is 1.43. The molecule has 0 fully saturated rings. The average Bonchev–Trinajstić information content (AvgIpc) is 2.78. The van der Waals surface area contributed by atoms with E-state index < -0.39 is 22.4 Å². The van der Waals surface area contributed by atoms with Crippen molar-refractivity contribution < 1.29 is 19.2 Å². The summed E-state index contributed by atoms with van der Waals surface area (Å²) in [5.74, 6) is -2.00. The Labute approximate surface area is 99.3 Å². The van der Waals surface area contributed by atoms with Crippen LogP contribution in [0.1, 0.15) is 10.5 Å². The van der Waals surface area contributed by atoms with Gasteiger partial charge in [0, 0.05) is 6.20 Å². The van der Waals surface area contributed by atoms with E-state index in [0.29, 0.717) is 0 Å². The van der Waals surface area contributed by atoms with Gasteiger partial charge in [0.15, 0.2) is 5.69 Å². The molecule has 18 heavy (non-hydrogen) atoms. The summed E-state index contributed by atoms with van der Waals surface area (Å²) in [4.78, 5) is 24.2. The number of nitro benzene ring substituents is 1. The van der Waals surface area contributed by atoms with Crippen molar-refractivity contribution >= 4 is 11.7 Å². The Morgan fingerprint density at radius 3 is 2.78 bits per heavy atom. The van der Waals surface area contributed by atoms with Crippen LogP contribution in [0.15, 0.2) is 30.7 Å². The highest BCUT2D eigenvalue weighted by atomic mass is 19.1. The molecule has 0 aliphatic heterocycles. The van der Waals surface area contributed by atoms with Crippen molar-refractivity contribution in [2.45, 2.75) is 0 Å². The van der Waals surface area contributed by atoms with Crippen LogP contribution >= 0.6 is 0 Å². The lowest BCUT2D eigenvalue weighted by atomic mass is 10.2. The Morgan fingerprint density at radius 1 is 1.50 bits per heavy atom. The third-order valence-corrected chi connectivity index (χ3v) is 2.21. The predicted molar refractivity (Wildman–Crippen MR) is 57.1 cm³/mol. The Bertz CT molecular complexity index is 638. The first-order valence-electron chi connectivity index (χ1n) is 4.70. The highest BCUT2D eigenvalue weighted by Gasteiger charge is 2.17. The zero-order valence-corrected chi connectivity index (χ0v) is 8.78. The maximum absolute atomic E-state index is 12.9. The number of hydrogen-bond acceptors (Lipinski definition) is 4. The fourth-order valence-corrected chi connectivity index (χ4v) is 1.43. The molecule has 0 unspecified atom stereocenters. The number of nitrogens with zero attached hydrogens (tertiary/aromatic N) is 3. The number of imidazole rings is 1. The summed E-state index contributed by atoms with van der Waals surface area (Å²) < 4.78 is 14.1. The third kappa shape index (κ3) is 2.03. The van der Waals surface area contributed by atoms with Crippen LogP contribution in [0.5, 0.6) is 0 Å².